The Morgan fingerprint density at radius 2 is 2.00 bits per heavy atom. The summed E-state index contributed by atoms with van der Waals surface area (Å²) in [5, 5.41) is 7.08. The van der Waals surface area contributed by atoms with E-state index in [0.29, 0.717) is 18.4 Å². The summed E-state index contributed by atoms with van der Waals surface area (Å²) < 4.78 is 5.01. The average molecular weight is 246 g/mol. The molecule has 0 unspecified atom stereocenters. The van der Waals surface area contributed by atoms with Crippen molar-refractivity contribution in [3.63, 3.8) is 0 Å². The van der Waals surface area contributed by atoms with Gasteiger partial charge in [0.2, 0.25) is 5.95 Å². The van der Waals surface area contributed by atoms with Gasteiger partial charge in [-0.25, -0.2) is 9.97 Å². The Kier molecular flexibility index (Phi) is 3.60. The zero-order valence-electron chi connectivity index (χ0n) is 11.2. The van der Waals surface area contributed by atoms with Crippen LogP contribution in [-0.4, -0.2) is 15.1 Å². The molecule has 0 saturated heterocycles. The lowest BCUT2D eigenvalue weighted by Gasteiger charge is -2.09. The molecule has 18 heavy (non-hydrogen) atoms. The van der Waals surface area contributed by atoms with Crippen molar-refractivity contribution in [2.24, 2.45) is 0 Å². The highest BCUT2D eigenvalue weighted by Gasteiger charge is 2.06. The van der Waals surface area contributed by atoms with Gasteiger partial charge in [-0.3, -0.25) is 0 Å². The maximum atomic E-state index is 5.01. The number of nitrogens with one attached hydrogen (secondary N) is 1. The summed E-state index contributed by atoms with van der Waals surface area (Å²) in [6.07, 6.45) is 0. The van der Waals surface area contributed by atoms with Gasteiger partial charge in [-0.05, 0) is 25.8 Å². The van der Waals surface area contributed by atoms with Crippen LogP contribution in [0.4, 0.5) is 5.95 Å². The third-order valence-electron chi connectivity index (χ3n) is 2.57. The van der Waals surface area contributed by atoms with E-state index in [4.69, 9.17) is 4.52 Å². The van der Waals surface area contributed by atoms with E-state index in [9.17, 15) is 0 Å². The van der Waals surface area contributed by atoms with Crippen molar-refractivity contribution >= 4 is 5.95 Å². The number of hydrogen-bond acceptors (Lipinski definition) is 5. The van der Waals surface area contributed by atoms with Crippen molar-refractivity contribution in [1.29, 1.82) is 0 Å². The molecular formula is C13H18N4O. The fourth-order valence-electron chi connectivity index (χ4n) is 1.64. The predicted octanol–water partition coefficient (Wildman–Crippen LogP) is 2.82. The van der Waals surface area contributed by atoms with Crippen molar-refractivity contribution in [1.82, 2.24) is 15.1 Å². The third-order valence-corrected chi connectivity index (χ3v) is 2.57. The Balaban J connectivity index is 2.09. The summed E-state index contributed by atoms with van der Waals surface area (Å²) in [5.74, 6) is 1.83. The minimum Gasteiger partial charge on any atom is -0.361 e. The van der Waals surface area contributed by atoms with Crippen LogP contribution in [0.2, 0.25) is 0 Å². The molecular weight excluding hydrogens is 228 g/mol. The minimum absolute atomic E-state index is 0.390. The second-order valence-corrected chi connectivity index (χ2v) is 4.69. The standard InChI is InChI=1S/C13H18N4O/c1-8(2)12-5-9(3)15-13(16-12)14-7-11-6-10(4)18-17-11/h5-6,8H,7H2,1-4H3,(H,14,15,16). The zero-order chi connectivity index (χ0) is 13.1. The van der Waals surface area contributed by atoms with Crippen molar-refractivity contribution in [2.45, 2.75) is 40.2 Å². The summed E-state index contributed by atoms with van der Waals surface area (Å²) in [5.41, 5.74) is 2.86. The lowest BCUT2D eigenvalue weighted by atomic mass is 10.1. The van der Waals surface area contributed by atoms with Crippen LogP contribution in [0.15, 0.2) is 16.7 Å². The molecule has 96 valence electrons. The molecule has 2 aromatic rings. The molecule has 0 saturated carbocycles. The molecule has 2 aromatic heterocycles. The van der Waals surface area contributed by atoms with Gasteiger partial charge in [0.05, 0.1) is 6.54 Å². The molecule has 5 nitrogen and oxygen atoms in total. The molecule has 0 amide bonds. The Morgan fingerprint density at radius 1 is 1.22 bits per heavy atom. The lowest BCUT2D eigenvalue weighted by Crippen LogP contribution is -2.07. The van der Waals surface area contributed by atoms with Crippen LogP contribution in [0, 0.1) is 13.8 Å². The fourth-order valence-corrected chi connectivity index (χ4v) is 1.64. The van der Waals surface area contributed by atoms with Gasteiger partial charge in [-0.15, -0.1) is 0 Å². The molecule has 0 atom stereocenters. The zero-order valence-corrected chi connectivity index (χ0v) is 11.2. The van der Waals surface area contributed by atoms with Crippen LogP contribution in [0.3, 0.4) is 0 Å². The Hall–Kier alpha value is -1.91. The van der Waals surface area contributed by atoms with Crippen LogP contribution < -0.4 is 5.32 Å². The topological polar surface area (TPSA) is 63.8 Å². The molecule has 0 aromatic carbocycles. The van der Waals surface area contributed by atoms with Gasteiger partial charge in [0.1, 0.15) is 11.5 Å². The Morgan fingerprint density at radius 3 is 2.61 bits per heavy atom. The summed E-state index contributed by atoms with van der Waals surface area (Å²) in [7, 11) is 0. The molecule has 0 spiro atoms. The maximum Gasteiger partial charge on any atom is 0.223 e. The monoisotopic (exact) mass is 246 g/mol. The molecule has 0 bridgehead atoms. The van der Waals surface area contributed by atoms with Crippen LogP contribution in [-0.2, 0) is 6.54 Å². The largest absolute Gasteiger partial charge is 0.361 e. The lowest BCUT2D eigenvalue weighted by molar-refractivity contribution is 0.391. The van der Waals surface area contributed by atoms with Crippen LogP contribution in [0.1, 0.15) is 42.6 Å². The van der Waals surface area contributed by atoms with Crippen molar-refractivity contribution in [3.05, 3.63) is 35.0 Å². The average Bonchev–Trinajstić information content (AvgIpc) is 2.72. The fraction of sp³-hybridized carbons (Fsp3) is 0.462. The van der Waals surface area contributed by atoms with Gasteiger partial charge in [0.15, 0.2) is 0 Å². The first-order valence-electron chi connectivity index (χ1n) is 6.06. The Labute approximate surface area is 107 Å². The predicted molar refractivity (Wildman–Crippen MR) is 69.4 cm³/mol. The molecule has 0 aliphatic carbocycles. The van der Waals surface area contributed by atoms with Gasteiger partial charge in [-0.1, -0.05) is 19.0 Å². The van der Waals surface area contributed by atoms with Gasteiger partial charge in [0, 0.05) is 17.5 Å². The van der Waals surface area contributed by atoms with E-state index in [1.54, 1.807) is 0 Å². The maximum absolute atomic E-state index is 5.01. The number of hydrogen-bond donors (Lipinski definition) is 1. The smallest absolute Gasteiger partial charge is 0.223 e. The van der Waals surface area contributed by atoms with Crippen molar-refractivity contribution in [3.8, 4) is 0 Å². The van der Waals surface area contributed by atoms with Crippen LogP contribution in [0.25, 0.3) is 0 Å². The second kappa shape index (κ2) is 5.16. The summed E-state index contributed by atoms with van der Waals surface area (Å²) in [6.45, 7) is 8.65. The molecule has 0 radical (unpaired) electrons. The number of rotatable bonds is 4. The third kappa shape index (κ3) is 3.06. The first-order valence-corrected chi connectivity index (χ1v) is 6.06. The quantitative estimate of drug-likeness (QED) is 0.898. The molecule has 0 aliphatic heterocycles. The van der Waals surface area contributed by atoms with E-state index in [2.05, 4.69) is 34.3 Å². The highest BCUT2D eigenvalue weighted by atomic mass is 16.5. The highest BCUT2D eigenvalue weighted by Crippen LogP contribution is 2.14. The van der Waals surface area contributed by atoms with Gasteiger partial charge >= 0.3 is 0 Å². The van der Waals surface area contributed by atoms with Gasteiger partial charge in [-0.2, -0.15) is 0 Å². The number of aryl methyl sites for hydroxylation is 2. The van der Waals surface area contributed by atoms with Gasteiger partial charge in [0.25, 0.3) is 0 Å². The molecule has 2 heterocycles. The molecule has 0 fully saturated rings. The number of aromatic nitrogens is 3. The molecule has 2 rings (SSSR count). The van der Waals surface area contributed by atoms with Gasteiger partial charge < -0.3 is 9.84 Å². The van der Waals surface area contributed by atoms with E-state index in [-0.39, 0.29) is 0 Å². The van der Waals surface area contributed by atoms with Crippen LogP contribution in [0.5, 0.6) is 0 Å². The SMILES string of the molecule is Cc1cc(C(C)C)nc(NCc2cc(C)on2)n1. The van der Waals surface area contributed by atoms with E-state index < -0.39 is 0 Å². The Bertz CT molecular complexity index is 534. The molecule has 0 aliphatic rings. The normalized spacial score (nSPS) is 10.9. The number of anilines is 1. The van der Waals surface area contributed by atoms with E-state index in [1.165, 1.54) is 0 Å². The van der Waals surface area contributed by atoms with E-state index >= 15 is 0 Å². The van der Waals surface area contributed by atoms with Crippen LogP contribution >= 0.6 is 0 Å². The first-order chi connectivity index (χ1) is 8.54. The highest BCUT2D eigenvalue weighted by molar-refractivity contribution is 5.29. The summed E-state index contributed by atoms with van der Waals surface area (Å²) in [6, 6.07) is 3.91. The molecule has 1 N–H and O–H groups in total. The minimum atomic E-state index is 0.390. The van der Waals surface area contributed by atoms with E-state index in [1.807, 2.05) is 26.0 Å². The summed E-state index contributed by atoms with van der Waals surface area (Å²) >= 11 is 0. The summed E-state index contributed by atoms with van der Waals surface area (Å²) in [4.78, 5) is 8.83. The number of nitrogens with zero attached hydrogens (tertiary/aromatic N) is 3. The molecule has 5 heteroatoms. The van der Waals surface area contributed by atoms with Crippen molar-refractivity contribution < 1.29 is 4.52 Å². The van der Waals surface area contributed by atoms with Crippen molar-refractivity contribution in [2.75, 3.05) is 5.32 Å². The second-order valence-electron chi connectivity index (χ2n) is 4.69. The first kappa shape index (κ1) is 12.5. The van der Waals surface area contributed by atoms with E-state index in [0.717, 1.165) is 22.8 Å².